The minimum absolute atomic E-state index is 0.00553. The first kappa shape index (κ1) is 32.7. The summed E-state index contributed by atoms with van der Waals surface area (Å²) >= 11 is 6.64. The van der Waals surface area contributed by atoms with Gasteiger partial charge in [-0.2, -0.15) is 0 Å². The Hall–Kier alpha value is -3.84. The van der Waals surface area contributed by atoms with Crippen LogP contribution < -0.4 is 20.7 Å². The van der Waals surface area contributed by atoms with E-state index in [1.54, 1.807) is 26.8 Å². The molecular weight excluding hydrogens is 676 g/mol. The molecule has 224 valence electrons. The number of amides is 3. The third-order valence-electron chi connectivity index (χ3n) is 5.56. The van der Waals surface area contributed by atoms with Crippen molar-refractivity contribution in [1.29, 1.82) is 0 Å². The molecule has 1 aromatic heterocycles. The SMILES string of the molecule is COC(=O)[C@H](Cc1ccccc1)NC(=O)c1ccc(NC(=O)c2cc(Br)c(Br)[nH]2)c(OCCNC(=O)OC(C)(C)C)c1. The Morgan fingerprint density at radius 3 is 2.31 bits per heavy atom. The highest BCUT2D eigenvalue weighted by Gasteiger charge is 2.24. The average molecular weight is 708 g/mol. The van der Waals surface area contributed by atoms with Gasteiger partial charge in [-0.05, 0) is 82.5 Å². The number of nitrogens with one attached hydrogen (secondary N) is 4. The maximum atomic E-state index is 13.2. The number of halogens is 2. The van der Waals surface area contributed by atoms with Gasteiger partial charge in [-0.25, -0.2) is 9.59 Å². The van der Waals surface area contributed by atoms with Gasteiger partial charge < -0.3 is 35.1 Å². The predicted molar refractivity (Wildman–Crippen MR) is 164 cm³/mol. The number of esters is 1. The number of alkyl carbamates (subject to hydrolysis) is 1. The minimum Gasteiger partial charge on any atom is -0.490 e. The van der Waals surface area contributed by atoms with Crippen molar-refractivity contribution in [3.8, 4) is 5.75 Å². The van der Waals surface area contributed by atoms with Gasteiger partial charge in [0.1, 0.15) is 29.7 Å². The van der Waals surface area contributed by atoms with Crippen LogP contribution in [0.3, 0.4) is 0 Å². The normalized spacial score (nSPS) is 11.7. The highest BCUT2D eigenvalue weighted by Crippen LogP contribution is 2.28. The van der Waals surface area contributed by atoms with E-state index in [4.69, 9.17) is 14.2 Å². The van der Waals surface area contributed by atoms with Crippen molar-refractivity contribution in [2.75, 3.05) is 25.6 Å². The van der Waals surface area contributed by atoms with Crippen molar-refractivity contribution in [1.82, 2.24) is 15.6 Å². The second-order valence-corrected chi connectivity index (χ2v) is 11.7. The molecule has 11 nitrogen and oxygen atoms in total. The van der Waals surface area contributed by atoms with Crippen LogP contribution >= 0.6 is 31.9 Å². The number of hydrogen-bond acceptors (Lipinski definition) is 7. The van der Waals surface area contributed by atoms with Crippen LogP contribution in [0.5, 0.6) is 5.75 Å². The molecule has 2 aromatic carbocycles. The van der Waals surface area contributed by atoms with Crippen molar-refractivity contribution in [2.24, 2.45) is 0 Å². The summed E-state index contributed by atoms with van der Waals surface area (Å²) in [6.45, 7) is 5.35. The van der Waals surface area contributed by atoms with Crippen LogP contribution in [0, 0.1) is 0 Å². The zero-order chi connectivity index (χ0) is 30.9. The van der Waals surface area contributed by atoms with E-state index in [1.165, 1.54) is 25.3 Å². The molecule has 0 radical (unpaired) electrons. The number of H-pyrrole nitrogens is 1. The summed E-state index contributed by atoms with van der Waals surface area (Å²) in [7, 11) is 1.25. The lowest BCUT2D eigenvalue weighted by atomic mass is 10.1. The number of carbonyl (C=O) groups excluding carboxylic acids is 4. The Labute approximate surface area is 260 Å². The molecule has 0 saturated carbocycles. The zero-order valence-electron chi connectivity index (χ0n) is 23.5. The first-order valence-corrected chi connectivity index (χ1v) is 14.5. The summed E-state index contributed by atoms with van der Waals surface area (Å²) in [4.78, 5) is 53.4. The van der Waals surface area contributed by atoms with Crippen LogP contribution in [0.25, 0.3) is 0 Å². The van der Waals surface area contributed by atoms with Gasteiger partial charge in [0, 0.05) is 12.0 Å². The predicted octanol–water partition coefficient (Wildman–Crippen LogP) is 5.21. The van der Waals surface area contributed by atoms with Gasteiger partial charge in [-0.15, -0.1) is 0 Å². The molecular formula is C29H32Br2N4O7. The van der Waals surface area contributed by atoms with Gasteiger partial charge in [0.2, 0.25) is 0 Å². The molecule has 3 aromatic rings. The molecule has 0 spiro atoms. The van der Waals surface area contributed by atoms with Crippen LogP contribution in [0.2, 0.25) is 0 Å². The molecule has 0 aliphatic rings. The van der Waals surface area contributed by atoms with Crippen molar-refractivity contribution >= 4 is 61.4 Å². The second kappa shape index (κ2) is 14.9. The number of benzene rings is 2. The maximum Gasteiger partial charge on any atom is 0.407 e. The lowest BCUT2D eigenvalue weighted by Gasteiger charge is -2.20. The minimum atomic E-state index is -0.934. The molecule has 13 heteroatoms. The number of ether oxygens (including phenoxy) is 3. The molecule has 3 rings (SSSR count). The number of anilines is 1. The summed E-state index contributed by atoms with van der Waals surface area (Å²) in [5.41, 5.74) is 0.916. The Morgan fingerprint density at radius 2 is 1.69 bits per heavy atom. The van der Waals surface area contributed by atoms with Crippen molar-refractivity contribution in [3.63, 3.8) is 0 Å². The van der Waals surface area contributed by atoms with Crippen LogP contribution in [0.1, 0.15) is 47.2 Å². The fourth-order valence-electron chi connectivity index (χ4n) is 3.66. The standard InChI is InChI=1S/C29H32Br2N4O7/c1-29(2,3)42-28(39)32-12-13-41-23-15-18(10-11-20(23)34-26(37)21-16-19(30)24(31)33-21)25(36)35-22(27(38)40-4)14-17-8-6-5-7-9-17/h5-11,15-16,22,33H,12-14H2,1-4H3,(H,32,39)(H,34,37)(H,35,36)/t22-/m0/s1. The van der Waals surface area contributed by atoms with E-state index in [-0.39, 0.29) is 42.3 Å². The summed E-state index contributed by atoms with van der Waals surface area (Å²) in [6, 6.07) is 14.3. The molecule has 0 unspecified atom stereocenters. The number of rotatable bonds is 11. The van der Waals surface area contributed by atoms with E-state index in [2.05, 4.69) is 52.8 Å². The van der Waals surface area contributed by atoms with Crippen LogP contribution in [-0.2, 0) is 20.7 Å². The molecule has 42 heavy (non-hydrogen) atoms. The summed E-state index contributed by atoms with van der Waals surface area (Å²) in [6.07, 6.45) is -0.378. The smallest absolute Gasteiger partial charge is 0.407 e. The summed E-state index contributed by atoms with van der Waals surface area (Å²) < 4.78 is 17.2. The van der Waals surface area contributed by atoms with Gasteiger partial charge in [0.25, 0.3) is 11.8 Å². The molecule has 0 fully saturated rings. The van der Waals surface area contributed by atoms with E-state index in [0.29, 0.717) is 9.08 Å². The lowest BCUT2D eigenvalue weighted by Crippen LogP contribution is -2.43. The largest absolute Gasteiger partial charge is 0.490 e. The van der Waals surface area contributed by atoms with Crippen molar-refractivity contribution in [2.45, 2.75) is 38.8 Å². The topological polar surface area (TPSA) is 148 Å². The lowest BCUT2D eigenvalue weighted by molar-refractivity contribution is -0.142. The number of hydrogen-bond donors (Lipinski definition) is 4. The Morgan fingerprint density at radius 1 is 0.976 bits per heavy atom. The van der Waals surface area contributed by atoms with Gasteiger partial charge in [0.05, 0.1) is 28.4 Å². The zero-order valence-corrected chi connectivity index (χ0v) is 26.7. The van der Waals surface area contributed by atoms with E-state index in [0.717, 1.165) is 5.56 Å². The first-order valence-electron chi connectivity index (χ1n) is 12.9. The third kappa shape index (κ3) is 9.91. The van der Waals surface area contributed by atoms with Gasteiger partial charge >= 0.3 is 12.1 Å². The number of methoxy groups -OCH3 is 1. The fourth-order valence-corrected chi connectivity index (χ4v) is 4.31. The summed E-state index contributed by atoms with van der Waals surface area (Å²) in [5.74, 6) is -1.43. The first-order chi connectivity index (χ1) is 19.9. The second-order valence-electron chi connectivity index (χ2n) is 10.0. The molecule has 1 atom stereocenters. The average Bonchev–Trinajstić information content (AvgIpc) is 3.28. The highest BCUT2D eigenvalue weighted by molar-refractivity contribution is 9.13. The van der Waals surface area contributed by atoms with E-state index in [1.807, 2.05) is 30.3 Å². The Balaban J connectivity index is 1.79. The molecule has 0 bridgehead atoms. The van der Waals surface area contributed by atoms with Crippen LogP contribution in [0.4, 0.5) is 10.5 Å². The van der Waals surface area contributed by atoms with E-state index >= 15 is 0 Å². The van der Waals surface area contributed by atoms with Crippen molar-refractivity contribution < 1.29 is 33.4 Å². The highest BCUT2D eigenvalue weighted by atomic mass is 79.9. The van der Waals surface area contributed by atoms with E-state index in [9.17, 15) is 19.2 Å². The molecule has 0 aliphatic carbocycles. The fraction of sp³-hybridized carbons (Fsp3) is 0.310. The molecule has 4 N–H and O–H groups in total. The molecule has 0 saturated heterocycles. The quantitative estimate of drug-likeness (QED) is 0.158. The van der Waals surface area contributed by atoms with Crippen molar-refractivity contribution in [3.05, 3.63) is 80.5 Å². The maximum absolute atomic E-state index is 13.2. The number of aromatic amines is 1. The molecule has 0 aliphatic heterocycles. The van der Waals surface area contributed by atoms with Gasteiger partial charge in [-0.1, -0.05) is 30.3 Å². The van der Waals surface area contributed by atoms with Gasteiger partial charge in [0.15, 0.2) is 0 Å². The van der Waals surface area contributed by atoms with E-state index < -0.39 is 35.5 Å². The third-order valence-corrected chi connectivity index (χ3v) is 7.35. The molecule has 3 amide bonds. The Kier molecular flexibility index (Phi) is 11.6. The Bertz CT molecular complexity index is 1400. The summed E-state index contributed by atoms with van der Waals surface area (Å²) in [5, 5.41) is 8.06. The van der Waals surface area contributed by atoms with Gasteiger partial charge in [-0.3, -0.25) is 9.59 Å². The van der Waals surface area contributed by atoms with Crippen LogP contribution in [-0.4, -0.2) is 60.8 Å². The van der Waals surface area contributed by atoms with Crippen LogP contribution in [0.15, 0.2) is 63.7 Å². The monoisotopic (exact) mass is 706 g/mol. The number of aromatic nitrogens is 1. The molecule has 1 heterocycles. The number of carbonyl (C=O) groups is 4.